The summed E-state index contributed by atoms with van der Waals surface area (Å²) in [7, 11) is 2.85. The molecule has 1 unspecified atom stereocenters. The fourth-order valence-corrected chi connectivity index (χ4v) is 2.20. The van der Waals surface area contributed by atoms with Gasteiger partial charge in [0.2, 0.25) is 5.88 Å². The Kier molecular flexibility index (Phi) is 4.39. The van der Waals surface area contributed by atoms with Gasteiger partial charge >= 0.3 is 5.97 Å². The molecule has 108 valence electrons. The van der Waals surface area contributed by atoms with Crippen molar-refractivity contribution in [2.75, 3.05) is 20.1 Å². The molecule has 7 nitrogen and oxygen atoms in total. The zero-order chi connectivity index (χ0) is 14.7. The molecule has 1 atom stereocenters. The summed E-state index contributed by atoms with van der Waals surface area (Å²) in [4.78, 5) is 24.4. The monoisotopic (exact) mass is 298 g/mol. The first kappa shape index (κ1) is 14.5. The van der Waals surface area contributed by atoms with Crippen molar-refractivity contribution in [3.63, 3.8) is 0 Å². The van der Waals surface area contributed by atoms with Crippen molar-refractivity contribution in [3.05, 3.63) is 12.2 Å². The minimum Gasteiger partial charge on any atom is -0.479 e. The first-order valence-electron chi connectivity index (χ1n) is 6.03. The maximum absolute atomic E-state index is 11.8. The predicted molar refractivity (Wildman–Crippen MR) is 73.0 cm³/mol. The van der Waals surface area contributed by atoms with E-state index in [1.807, 2.05) is 0 Å². The molecular formula is C12H15ClN4O3. The van der Waals surface area contributed by atoms with Crippen LogP contribution in [0.2, 0.25) is 0 Å². The summed E-state index contributed by atoms with van der Waals surface area (Å²) in [6.07, 6.45) is 1.87. The van der Waals surface area contributed by atoms with Crippen molar-refractivity contribution in [2.45, 2.75) is 19.4 Å². The first-order valence-corrected chi connectivity index (χ1v) is 6.57. The molecule has 0 saturated heterocycles. The van der Waals surface area contributed by atoms with Gasteiger partial charge in [-0.3, -0.25) is 4.57 Å². The van der Waals surface area contributed by atoms with Gasteiger partial charge in [0.05, 0.1) is 14.2 Å². The number of carbonyl (C=O) groups is 1. The number of methoxy groups -OCH3 is 2. The normalized spacial score (nSPS) is 12.4. The lowest BCUT2D eigenvalue weighted by atomic mass is 10.3. The third-order valence-corrected chi connectivity index (χ3v) is 3.15. The number of fused-ring (bicyclic) bond motifs is 1. The molecule has 0 fully saturated rings. The van der Waals surface area contributed by atoms with Gasteiger partial charge in [0.25, 0.3) is 0 Å². The molecule has 0 amide bonds. The van der Waals surface area contributed by atoms with Crippen LogP contribution in [0.25, 0.3) is 11.2 Å². The van der Waals surface area contributed by atoms with Gasteiger partial charge in [-0.25, -0.2) is 14.8 Å². The molecule has 0 N–H and O–H groups in total. The topological polar surface area (TPSA) is 79.1 Å². The van der Waals surface area contributed by atoms with E-state index in [2.05, 4.69) is 15.0 Å². The number of ether oxygens (including phenoxy) is 2. The van der Waals surface area contributed by atoms with E-state index in [1.165, 1.54) is 20.5 Å². The van der Waals surface area contributed by atoms with Crippen LogP contribution in [-0.2, 0) is 16.0 Å². The van der Waals surface area contributed by atoms with Crippen molar-refractivity contribution in [3.8, 4) is 5.88 Å². The molecule has 8 heteroatoms. The smallest absolute Gasteiger partial charge is 0.328 e. The highest BCUT2D eigenvalue weighted by Gasteiger charge is 2.24. The van der Waals surface area contributed by atoms with Crippen molar-refractivity contribution >= 4 is 28.7 Å². The van der Waals surface area contributed by atoms with Gasteiger partial charge < -0.3 is 9.47 Å². The van der Waals surface area contributed by atoms with E-state index < -0.39 is 6.04 Å². The van der Waals surface area contributed by atoms with Crippen LogP contribution in [0.3, 0.4) is 0 Å². The van der Waals surface area contributed by atoms with Crippen molar-refractivity contribution in [1.29, 1.82) is 0 Å². The fraction of sp³-hybridized carbons (Fsp3) is 0.500. The summed E-state index contributed by atoms with van der Waals surface area (Å²) >= 11 is 5.79. The minimum atomic E-state index is -0.553. The van der Waals surface area contributed by atoms with Crippen LogP contribution in [0, 0.1) is 0 Å². The van der Waals surface area contributed by atoms with Crippen LogP contribution < -0.4 is 4.74 Å². The molecule has 0 spiro atoms. The van der Waals surface area contributed by atoms with Gasteiger partial charge in [-0.2, -0.15) is 4.98 Å². The van der Waals surface area contributed by atoms with Crippen LogP contribution in [0.5, 0.6) is 5.88 Å². The largest absolute Gasteiger partial charge is 0.479 e. The van der Waals surface area contributed by atoms with Gasteiger partial charge in [0, 0.05) is 12.3 Å². The van der Waals surface area contributed by atoms with Crippen LogP contribution in [-0.4, -0.2) is 45.6 Å². The Labute approximate surface area is 120 Å². The van der Waals surface area contributed by atoms with E-state index in [9.17, 15) is 4.79 Å². The number of aromatic nitrogens is 4. The molecule has 2 heterocycles. The summed E-state index contributed by atoms with van der Waals surface area (Å²) in [6.45, 7) is 1.72. The highest BCUT2D eigenvalue weighted by atomic mass is 35.5. The predicted octanol–water partition coefficient (Wildman–Crippen LogP) is 1.35. The quantitative estimate of drug-likeness (QED) is 0.612. The molecule has 2 aromatic rings. The molecular weight excluding hydrogens is 284 g/mol. The van der Waals surface area contributed by atoms with E-state index in [0.29, 0.717) is 35.2 Å². The van der Waals surface area contributed by atoms with E-state index in [4.69, 9.17) is 21.1 Å². The Balaban J connectivity index is 2.66. The lowest BCUT2D eigenvalue weighted by Crippen LogP contribution is -2.20. The number of alkyl halides is 1. The number of carbonyl (C=O) groups excluding carboxylic acids is 1. The first-order chi connectivity index (χ1) is 9.63. The Hall–Kier alpha value is -1.89. The molecule has 0 aliphatic carbocycles. The number of hydrogen-bond acceptors (Lipinski definition) is 6. The molecule has 2 aromatic heterocycles. The number of nitrogens with zero attached hydrogens (tertiary/aromatic N) is 4. The van der Waals surface area contributed by atoms with Crippen molar-refractivity contribution < 1.29 is 14.3 Å². The van der Waals surface area contributed by atoms with Gasteiger partial charge in [0.1, 0.15) is 18.2 Å². The second kappa shape index (κ2) is 6.04. The number of hydrogen-bond donors (Lipinski definition) is 0. The summed E-state index contributed by atoms with van der Waals surface area (Å²) in [5, 5.41) is 0. The Morgan fingerprint density at radius 2 is 2.20 bits per heavy atom. The number of aryl methyl sites for hydroxylation is 1. The standard InChI is InChI=1S/C12H15ClN4O3/c1-7(12(18)20-3)17-8(4-5-13)16-9-10(17)14-6-15-11(9)19-2/h6-7H,4-5H2,1-3H3. The maximum Gasteiger partial charge on any atom is 0.328 e. The van der Waals surface area contributed by atoms with E-state index in [-0.39, 0.29) is 5.97 Å². The van der Waals surface area contributed by atoms with Gasteiger partial charge in [-0.05, 0) is 6.92 Å². The maximum atomic E-state index is 11.8. The Morgan fingerprint density at radius 1 is 1.45 bits per heavy atom. The lowest BCUT2D eigenvalue weighted by Gasteiger charge is -2.14. The highest BCUT2D eigenvalue weighted by Crippen LogP contribution is 2.25. The van der Waals surface area contributed by atoms with Crippen LogP contribution in [0.15, 0.2) is 6.33 Å². The lowest BCUT2D eigenvalue weighted by molar-refractivity contribution is -0.144. The molecule has 0 aliphatic rings. The second-order valence-electron chi connectivity index (χ2n) is 4.09. The molecule has 0 aromatic carbocycles. The number of halogens is 1. The minimum absolute atomic E-state index is 0.363. The molecule has 20 heavy (non-hydrogen) atoms. The van der Waals surface area contributed by atoms with Crippen molar-refractivity contribution in [1.82, 2.24) is 19.5 Å². The molecule has 0 bridgehead atoms. The van der Waals surface area contributed by atoms with Gasteiger partial charge in [-0.1, -0.05) is 0 Å². The van der Waals surface area contributed by atoms with E-state index in [1.54, 1.807) is 11.5 Å². The number of esters is 1. The molecule has 0 radical (unpaired) electrons. The van der Waals surface area contributed by atoms with Crippen LogP contribution in [0.1, 0.15) is 18.8 Å². The van der Waals surface area contributed by atoms with E-state index in [0.717, 1.165) is 0 Å². The second-order valence-corrected chi connectivity index (χ2v) is 4.47. The summed E-state index contributed by atoms with van der Waals surface area (Å²) in [5.74, 6) is 1.01. The molecule has 2 rings (SSSR count). The van der Waals surface area contributed by atoms with Crippen LogP contribution in [0.4, 0.5) is 0 Å². The third-order valence-electron chi connectivity index (χ3n) is 2.96. The average Bonchev–Trinajstić information content (AvgIpc) is 2.83. The third kappa shape index (κ3) is 2.40. The zero-order valence-corrected chi connectivity index (χ0v) is 12.2. The average molecular weight is 299 g/mol. The highest BCUT2D eigenvalue weighted by molar-refractivity contribution is 6.17. The molecule has 0 saturated carbocycles. The SMILES string of the molecule is COC(=O)C(C)n1c(CCCl)nc2c(OC)ncnc21. The summed E-state index contributed by atoms with van der Waals surface area (Å²) in [6, 6.07) is -0.553. The number of imidazole rings is 1. The van der Waals surface area contributed by atoms with Crippen molar-refractivity contribution in [2.24, 2.45) is 0 Å². The van der Waals surface area contributed by atoms with Crippen LogP contribution >= 0.6 is 11.6 Å². The summed E-state index contributed by atoms with van der Waals surface area (Å²) < 4.78 is 11.6. The zero-order valence-electron chi connectivity index (χ0n) is 11.5. The summed E-state index contributed by atoms with van der Waals surface area (Å²) in [5.41, 5.74) is 1.03. The number of rotatable bonds is 5. The van der Waals surface area contributed by atoms with Gasteiger partial charge in [-0.15, -0.1) is 11.6 Å². The Morgan fingerprint density at radius 3 is 2.80 bits per heavy atom. The fourth-order valence-electron chi connectivity index (χ4n) is 2.03. The Bertz CT molecular complexity index is 628. The van der Waals surface area contributed by atoms with E-state index >= 15 is 0 Å². The molecule has 0 aliphatic heterocycles. The van der Waals surface area contributed by atoms with Gasteiger partial charge in [0.15, 0.2) is 11.2 Å².